The van der Waals surface area contributed by atoms with Crippen LogP contribution < -0.4 is 0 Å². The Morgan fingerprint density at radius 3 is 2.40 bits per heavy atom. The molecule has 0 nitrogen and oxygen atoms in total. The maximum Gasteiger partial charge on any atom is 0.177 e. The van der Waals surface area contributed by atoms with E-state index in [0.29, 0.717) is 5.56 Å². The average Bonchev–Trinajstić information content (AvgIpc) is 1.93. The van der Waals surface area contributed by atoms with Gasteiger partial charge in [0.05, 0.1) is 5.02 Å². The zero-order valence-electron chi connectivity index (χ0n) is 5.00. The standard InChI is InChI=1S/C7H4ClF2/c1-4-2-3-5(9)7(10)6(4)8/h2-3H,1H2. The van der Waals surface area contributed by atoms with Gasteiger partial charge in [-0.2, -0.15) is 0 Å². The summed E-state index contributed by atoms with van der Waals surface area (Å²) >= 11 is 5.31. The number of hydrogen-bond acceptors (Lipinski definition) is 0. The van der Waals surface area contributed by atoms with Crippen LogP contribution in [0.25, 0.3) is 0 Å². The Balaban J connectivity index is 3.34. The van der Waals surface area contributed by atoms with Gasteiger partial charge in [0.15, 0.2) is 11.6 Å². The molecule has 0 bridgehead atoms. The molecular formula is C7H4ClF2. The SMILES string of the molecule is [CH2]c1ccc(F)c(F)c1Cl. The molecule has 0 saturated carbocycles. The number of rotatable bonds is 0. The second-order valence-corrected chi connectivity index (χ2v) is 2.21. The zero-order chi connectivity index (χ0) is 7.72. The summed E-state index contributed by atoms with van der Waals surface area (Å²) in [7, 11) is 0. The van der Waals surface area contributed by atoms with E-state index in [9.17, 15) is 8.78 Å². The van der Waals surface area contributed by atoms with Gasteiger partial charge in [0.1, 0.15) is 0 Å². The van der Waals surface area contributed by atoms with Crippen molar-refractivity contribution in [2.75, 3.05) is 0 Å². The first kappa shape index (κ1) is 7.48. The van der Waals surface area contributed by atoms with Gasteiger partial charge in [-0.3, -0.25) is 0 Å². The highest BCUT2D eigenvalue weighted by atomic mass is 35.5. The normalized spacial score (nSPS) is 10.0. The fourth-order valence-electron chi connectivity index (χ4n) is 0.566. The maximum atomic E-state index is 12.4. The van der Waals surface area contributed by atoms with Crippen LogP contribution in [-0.2, 0) is 0 Å². The summed E-state index contributed by atoms with van der Waals surface area (Å²) in [5.74, 6) is -1.98. The molecule has 0 amide bonds. The fraction of sp³-hybridized carbons (Fsp3) is 0. The minimum Gasteiger partial charge on any atom is -0.204 e. The lowest BCUT2D eigenvalue weighted by molar-refractivity contribution is 0.508. The number of benzene rings is 1. The third-order valence-electron chi connectivity index (χ3n) is 1.12. The van der Waals surface area contributed by atoms with Crippen molar-refractivity contribution in [2.45, 2.75) is 0 Å². The molecule has 1 aromatic carbocycles. The molecule has 0 saturated heterocycles. The van der Waals surface area contributed by atoms with Crippen LogP contribution in [0.2, 0.25) is 5.02 Å². The zero-order valence-corrected chi connectivity index (χ0v) is 5.75. The highest BCUT2D eigenvalue weighted by Gasteiger charge is 2.07. The van der Waals surface area contributed by atoms with Crippen LogP contribution in [0.5, 0.6) is 0 Å². The molecule has 53 valence electrons. The van der Waals surface area contributed by atoms with E-state index >= 15 is 0 Å². The predicted octanol–water partition coefficient (Wildman–Crippen LogP) is 2.80. The van der Waals surface area contributed by atoms with E-state index in [1.54, 1.807) is 0 Å². The van der Waals surface area contributed by atoms with Crippen molar-refractivity contribution in [3.8, 4) is 0 Å². The van der Waals surface area contributed by atoms with Crippen molar-refractivity contribution in [1.82, 2.24) is 0 Å². The summed E-state index contributed by atoms with van der Waals surface area (Å²) in [4.78, 5) is 0. The van der Waals surface area contributed by atoms with Gasteiger partial charge >= 0.3 is 0 Å². The van der Waals surface area contributed by atoms with Crippen molar-refractivity contribution in [3.05, 3.63) is 41.3 Å². The molecule has 0 fully saturated rings. The Bertz CT molecular complexity index is 231. The van der Waals surface area contributed by atoms with E-state index in [-0.39, 0.29) is 5.02 Å². The number of halogens is 3. The fourth-order valence-corrected chi connectivity index (χ4v) is 0.719. The molecule has 0 atom stereocenters. The Morgan fingerprint density at radius 2 is 1.90 bits per heavy atom. The number of hydrogen-bond donors (Lipinski definition) is 0. The van der Waals surface area contributed by atoms with Crippen LogP contribution in [0.4, 0.5) is 8.78 Å². The lowest BCUT2D eigenvalue weighted by Crippen LogP contribution is -1.86. The first-order chi connectivity index (χ1) is 4.63. The lowest BCUT2D eigenvalue weighted by atomic mass is 10.2. The molecular weight excluding hydrogens is 158 g/mol. The van der Waals surface area contributed by atoms with Crippen LogP contribution in [0, 0.1) is 18.6 Å². The molecule has 0 aliphatic carbocycles. The minimum atomic E-state index is -1.03. The van der Waals surface area contributed by atoms with Crippen LogP contribution in [0.1, 0.15) is 5.56 Å². The minimum absolute atomic E-state index is 0.250. The van der Waals surface area contributed by atoms with Gasteiger partial charge < -0.3 is 0 Å². The van der Waals surface area contributed by atoms with Gasteiger partial charge in [0.2, 0.25) is 0 Å². The van der Waals surface area contributed by atoms with E-state index in [0.717, 1.165) is 6.07 Å². The second kappa shape index (κ2) is 2.54. The first-order valence-corrected chi connectivity index (χ1v) is 2.96. The smallest absolute Gasteiger partial charge is 0.177 e. The largest absolute Gasteiger partial charge is 0.204 e. The molecule has 0 aliphatic rings. The van der Waals surface area contributed by atoms with E-state index in [4.69, 9.17) is 11.6 Å². The summed E-state index contributed by atoms with van der Waals surface area (Å²) in [6.07, 6.45) is 0. The predicted molar refractivity (Wildman–Crippen MR) is 35.8 cm³/mol. The Hall–Kier alpha value is -0.630. The van der Waals surface area contributed by atoms with Crippen LogP contribution >= 0.6 is 11.6 Å². The van der Waals surface area contributed by atoms with E-state index < -0.39 is 11.6 Å². The maximum absolute atomic E-state index is 12.4. The molecule has 1 rings (SSSR count). The van der Waals surface area contributed by atoms with Crippen molar-refractivity contribution in [2.24, 2.45) is 0 Å². The third kappa shape index (κ3) is 1.12. The first-order valence-electron chi connectivity index (χ1n) is 2.58. The molecule has 1 radical (unpaired) electrons. The summed E-state index contributed by atoms with van der Waals surface area (Å²) in [5, 5.41) is -0.250. The molecule has 0 unspecified atom stereocenters. The van der Waals surface area contributed by atoms with E-state index in [2.05, 4.69) is 6.92 Å². The lowest BCUT2D eigenvalue weighted by Gasteiger charge is -1.97. The highest BCUT2D eigenvalue weighted by Crippen LogP contribution is 2.20. The highest BCUT2D eigenvalue weighted by molar-refractivity contribution is 6.31. The molecule has 10 heavy (non-hydrogen) atoms. The Labute approximate surface area is 62.4 Å². The quantitative estimate of drug-likeness (QED) is 0.514. The molecule has 3 heteroatoms. The van der Waals surface area contributed by atoms with Crippen LogP contribution in [-0.4, -0.2) is 0 Å². The molecule has 0 aliphatic heterocycles. The van der Waals surface area contributed by atoms with Crippen LogP contribution in [0.3, 0.4) is 0 Å². The summed E-state index contributed by atoms with van der Waals surface area (Å²) in [6.45, 7) is 3.38. The molecule has 0 N–H and O–H groups in total. The van der Waals surface area contributed by atoms with Gasteiger partial charge in [0.25, 0.3) is 0 Å². The summed E-state index contributed by atoms with van der Waals surface area (Å²) in [5.41, 5.74) is 0.292. The Morgan fingerprint density at radius 1 is 1.30 bits per heavy atom. The summed E-state index contributed by atoms with van der Waals surface area (Å²) < 4.78 is 24.7. The van der Waals surface area contributed by atoms with Crippen molar-refractivity contribution < 1.29 is 8.78 Å². The van der Waals surface area contributed by atoms with Gasteiger partial charge in [0, 0.05) is 0 Å². The van der Waals surface area contributed by atoms with Gasteiger partial charge in [-0.1, -0.05) is 17.7 Å². The monoisotopic (exact) mass is 161 g/mol. The van der Waals surface area contributed by atoms with Gasteiger partial charge in [-0.05, 0) is 18.6 Å². The van der Waals surface area contributed by atoms with Gasteiger partial charge in [-0.25, -0.2) is 8.78 Å². The van der Waals surface area contributed by atoms with Crippen molar-refractivity contribution in [3.63, 3.8) is 0 Å². The van der Waals surface area contributed by atoms with Gasteiger partial charge in [-0.15, -0.1) is 0 Å². The summed E-state index contributed by atoms with van der Waals surface area (Å²) in [6, 6.07) is 2.31. The van der Waals surface area contributed by atoms with E-state index in [1.807, 2.05) is 0 Å². The van der Waals surface area contributed by atoms with Crippen molar-refractivity contribution in [1.29, 1.82) is 0 Å². The molecule has 0 spiro atoms. The molecule has 0 aromatic heterocycles. The Kier molecular flexibility index (Phi) is 1.90. The third-order valence-corrected chi connectivity index (χ3v) is 1.52. The topological polar surface area (TPSA) is 0 Å². The molecule has 1 aromatic rings. The molecule has 0 heterocycles. The second-order valence-electron chi connectivity index (χ2n) is 1.83. The average molecular weight is 162 g/mol. The van der Waals surface area contributed by atoms with Crippen LogP contribution in [0.15, 0.2) is 12.1 Å². The van der Waals surface area contributed by atoms with Crippen molar-refractivity contribution >= 4 is 11.6 Å². The van der Waals surface area contributed by atoms with E-state index in [1.165, 1.54) is 6.07 Å².